The lowest BCUT2D eigenvalue weighted by Crippen LogP contribution is -2.41. The summed E-state index contributed by atoms with van der Waals surface area (Å²) in [5.41, 5.74) is 1.27. The molecule has 0 saturated carbocycles. The highest BCUT2D eigenvalue weighted by Gasteiger charge is 2.05. The number of carbonyl (C=O) groups is 1. The maximum atomic E-state index is 11.6. The van der Waals surface area contributed by atoms with Gasteiger partial charge in [-0.15, -0.1) is 0 Å². The third-order valence-corrected chi connectivity index (χ3v) is 3.55. The van der Waals surface area contributed by atoms with Crippen LogP contribution in [0.25, 0.3) is 10.8 Å². The molecule has 2 N–H and O–H groups in total. The van der Waals surface area contributed by atoms with E-state index in [-0.39, 0.29) is 12.1 Å². The molecule has 0 spiro atoms. The highest BCUT2D eigenvalue weighted by molar-refractivity contribution is 5.85. The Labute approximate surface area is 120 Å². The van der Waals surface area contributed by atoms with Crippen molar-refractivity contribution in [2.45, 2.75) is 32.7 Å². The van der Waals surface area contributed by atoms with Crippen LogP contribution >= 0.6 is 0 Å². The van der Waals surface area contributed by atoms with Crippen LogP contribution in [0.1, 0.15) is 25.8 Å². The first-order valence-corrected chi connectivity index (χ1v) is 7.21. The summed E-state index contributed by atoms with van der Waals surface area (Å²) in [6.07, 6.45) is 1.78. The third kappa shape index (κ3) is 3.73. The van der Waals surface area contributed by atoms with Gasteiger partial charge >= 0.3 is 6.03 Å². The Morgan fingerprint density at radius 3 is 2.70 bits per heavy atom. The van der Waals surface area contributed by atoms with Crippen molar-refractivity contribution < 1.29 is 4.79 Å². The van der Waals surface area contributed by atoms with E-state index in [2.05, 4.69) is 54.0 Å². The van der Waals surface area contributed by atoms with Gasteiger partial charge in [0.2, 0.25) is 0 Å². The molecule has 1 atom stereocenters. The van der Waals surface area contributed by atoms with E-state index in [4.69, 9.17) is 0 Å². The summed E-state index contributed by atoms with van der Waals surface area (Å²) in [5, 5.41) is 8.32. The fourth-order valence-electron chi connectivity index (χ4n) is 2.20. The summed E-state index contributed by atoms with van der Waals surface area (Å²) < 4.78 is 0. The van der Waals surface area contributed by atoms with Crippen molar-refractivity contribution in [1.82, 2.24) is 10.6 Å². The van der Waals surface area contributed by atoms with Gasteiger partial charge in [-0.25, -0.2) is 4.79 Å². The van der Waals surface area contributed by atoms with Crippen LogP contribution in [0, 0.1) is 0 Å². The standard InChI is InChI=1S/C17H22N2O/c1-3-13(2)19-17(20)18-12-11-15-9-6-8-14-7-4-5-10-16(14)15/h4-10,13H,3,11-12H2,1-2H3,(H2,18,19,20). The lowest BCUT2D eigenvalue weighted by Gasteiger charge is -2.13. The molecule has 0 aliphatic carbocycles. The number of fused-ring (bicyclic) bond motifs is 1. The Kier molecular flexibility index (Phi) is 4.99. The van der Waals surface area contributed by atoms with Crippen LogP contribution in [0.4, 0.5) is 4.79 Å². The first-order valence-electron chi connectivity index (χ1n) is 7.21. The van der Waals surface area contributed by atoms with Crippen LogP contribution in [0.15, 0.2) is 42.5 Å². The van der Waals surface area contributed by atoms with E-state index in [1.807, 2.05) is 13.0 Å². The van der Waals surface area contributed by atoms with Gasteiger partial charge < -0.3 is 10.6 Å². The predicted molar refractivity (Wildman–Crippen MR) is 83.9 cm³/mol. The van der Waals surface area contributed by atoms with E-state index >= 15 is 0 Å². The van der Waals surface area contributed by atoms with Gasteiger partial charge in [-0.1, -0.05) is 49.4 Å². The summed E-state index contributed by atoms with van der Waals surface area (Å²) in [6.45, 7) is 4.71. The Balaban J connectivity index is 1.92. The van der Waals surface area contributed by atoms with Gasteiger partial charge in [-0.2, -0.15) is 0 Å². The SMILES string of the molecule is CCC(C)NC(=O)NCCc1cccc2ccccc12. The van der Waals surface area contributed by atoms with Crippen LogP contribution in [-0.4, -0.2) is 18.6 Å². The van der Waals surface area contributed by atoms with Gasteiger partial charge in [-0.05, 0) is 36.1 Å². The number of carbonyl (C=O) groups excluding carboxylic acids is 1. The maximum Gasteiger partial charge on any atom is 0.315 e. The molecule has 3 nitrogen and oxygen atoms in total. The minimum Gasteiger partial charge on any atom is -0.338 e. The van der Waals surface area contributed by atoms with E-state index < -0.39 is 0 Å². The Bertz CT molecular complexity index is 575. The molecule has 0 saturated heterocycles. The zero-order valence-electron chi connectivity index (χ0n) is 12.1. The molecule has 106 valence electrons. The first kappa shape index (κ1) is 14.4. The molecule has 0 heterocycles. The number of amides is 2. The summed E-state index contributed by atoms with van der Waals surface area (Å²) >= 11 is 0. The number of nitrogens with one attached hydrogen (secondary N) is 2. The van der Waals surface area contributed by atoms with Crippen LogP contribution in [0.5, 0.6) is 0 Å². The van der Waals surface area contributed by atoms with Crippen molar-refractivity contribution in [3.05, 3.63) is 48.0 Å². The first-order chi connectivity index (χ1) is 9.70. The Hall–Kier alpha value is -2.03. The quantitative estimate of drug-likeness (QED) is 0.858. The van der Waals surface area contributed by atoms with Crippen LogP contribution in [0.3, 0.4) is 0 Å². The summed E-state index contributed by atoms with van der Waals surface area (Å²) in [5.74, 6) is 0. The van der Waals surface area contributed by atoms with E-state index in [1.54, 1.807) is 0 Å². The van der Waals surface area contributed by atoms with Crippen molar-refractivity contribution in [2.75, 3.05) is 6.54 Å². The number of benzene rings is 2. The van der Waals surface area contributed by atoms with Gasteiger partial charge in [0.15, 0.2) is 0 Å². The molecule has 0 bridgehead atoms. The van der Waals surface area contributed by atoms with Crippen molar-refractivity contribution in [3.63, 3.8) is 0 Å². The average Bonchev–Trinajstić information content (AvgIpc) is 2.47. The largest absolute Gasteiger partial charge is 0.338 e. The fraction of sp³-hybridized carbons (Fsp3) is 0.353. The molecular weight excluding hydrogens is 248 g/mol. The fourth-order valence-corrected chi connectivity index (χ4v) is 2.20. The van der Waals surface area contributed by atoms with Crippen LogP contribution in [0.2, 0.25) is 0 Å². The summed E-state index contributed by atoms with van der Waals surface area (Å²) in [4.78, 5) is 11.6. The topological polar surface area (TPSA) is 41.1 Å². The number of hydrogen-bond donors (Lipinski definition) is 2. The highest BCUT2D eigenvalue weighted by atomic mass is 16.2. The second-order valence-corrected chi connectivity index (χ2v) is 5.10. The van der Waals surface area contributed by atoms with Gasteiger partial charge in [-0.3, -0.25) is 0 Å². The number of urea groups is 1. The zero-order valence-corrected chi connectivity index (χ0v) is 12.1. The second-order valence-electron chi connectivity index (χ2n) is 5.10. The molecule has 0 fully saturated rings. The molecule has 1 unspecified atom stereocenters. The molecule has 0 aromatic heterocycles. The molecule has 3 heteroatoms. The smallest absolute Gasteiger partial charge is 0.315 e. The Morgan fingerprint density at radius 2 is 1.90 bits per heavy atom. The lowest BCUT2D eigenvalue weighted by molar-refractivity contribution is 0.237. The Morgan fingerprint density at radius 1 is 1.15 bits per heavy atom. The molecule has 0 aliphatic rings. The summed E-state index contributed by atoms with van der Waals surface area (Å²) in [7, 11) is 0. The van der Waals surface area contributed by atoms with Gasteiger partial charge in [0, 0.05) is 12.6 Å². The van der Waals surface area contributed by atoms with E-state index in [9.17, 15) is 4.79 Å². The third-order valence-electron chi connectivity index (χ3n) is 3.55. The molecular formula is C17H22N2O. The predicted octanol–water partition coefficient (Wildman–Crippen LogP) is 3.48. The van der Waals surface area contributed by atoms with E-state index in [0.717, 1.165) is 12.8 Å². The summed E-state index contributed by atoms with van der Waals surface area (Å²) in [6, 6.07) is 14.8. The zero-order chi connectivity index (χ0) is 14.4. The minimum absolute atomic E-state index is 0.0837. The monoisotopic (exact) mass is 270 g/mol. The average molecular weight is 270 g/mol. The number of rotatable bonds is 5. The molecule has 0 aliphatic heterocycles. The van der Waals surface area contributed by atoms with E-state index in [1.165, 1.54) is 16.3 Å². The molecule has 0 radical (unpaired) electrons. The lowest BCUT2D eigenvalue weighted by atomic mass is 10.0. The molecule has 2 aromatic carbocycles. The van der Waals surface area contributed by atoms with E-state index in [0.29, 0.717) is 6.54 Å². The maximum absolute atomic E-state index is 11.6. The van der Waals surface area contributed by atoms with Crippen molar-refractivity contribution >= 4 is 16.8 Å². The van der Waals surface area contributed by atoms with Gasteiger partial charge in [0.25, 0.3) is 0 Å². The van der Waals surface area contributed by atoms with Crippen LogP contribution < -0.4 is 10.6 Å². The second kappa shape index (κ2) is 6.94. The van der Waals surface area contributed by atoms with Crippen molar-refractivity contribution in [2.24, 2.45) is 0 Å². The normalized spacial score (nSPS) is 12.1. The minimum atomic E-state index is -0.0837. The molecule has 2 aromatic rings. The highest BCUT2D eigenvalue weighted by Crippen LogP contribution is 2.18. The number of hydrogen-bond acceptors (Lipinski definition) is 1. The molecule has 2 amide bonds. The van der Waals surface area contributed by atoms with Gasteiger partial charge in [0.1, 0.15) is 0 Å². The molecule has 20 heavy (non-hydrogen) atoms. The molecule has 2 rings (SSSR count). The van der Waals surface area contributed by atoms with Crippen molar-refractivity contribution in [1.29, 1.82) is 0 Å². The van der Waals surface area contributed by atoms with Crippen molar-refractivity contribution in [3.8, 4) is 0 Å². The van der Waals surface area contributed by atoms with Crippen LogP contribution in [-0.2, 0) is 6.42 Å². The van der Waals surface area contributed by atoms with Gasteiger partial charge in [0.05, 0.1) is 0 Å².